The Morgan fingerprint density at radius 1 is 1.29 bits per heavy atom. The molecule has 1 saturated carbocycles. The van der Waals surface area contributed by atoms with Gasteiger partial charge >= 0.3 is 5.97 Å². The second kappa shape index (κ2) is 6.64. The number of benzene rings is 1. The largest absolute Gasteiger partial charge is 0.481 e. The van der Waals surface area contributed by atoms with Crippen molar-refractivity contribution in [2.75, 3.05) is 0 Å². The van der Waals surface area contributed by atoms with E-state index in [0.717, 1.165) is 0 Å². The molecule has 21 heavy (non-hydrogen) atoms. The van der Waals surface area contributed by atoms with Gasteiger partial charge < -0.3 is 5.11 Å². The van der Waals surface area contributed by atoms with Crippen molar-refractivity contribution < 1.29 is 18.3 Å². The first-order valence-corrected chi connectivity index (χ1v) is 9.16. The zero-order chi connectivity index (χ0) is 15.6. The number of halogens is 2. The third-order valence-electron chi connectivity index (χ3n) is 3.60. The minimum Gasteiger partial charge on any atom is -0.481 e. The van der Waals surface area contributed by atoms with E-state index in [4.69, 9.17) is 16.7 Å². The molecule has 0 radical (unpaired) electrons. The van der Waals surface area contributed by atoms with Crippen LogP contribution in [0.3, 0.4) is 0 Å². The van der Waals surface area contributed by atoms with Crippen molar-refractivity contribution in [1.82, 2.24) is 4.72 Å². The quantitative estimate of drug-likeness (QED) is 0.819. The molecule has 116 valence electrons. The van der Waals surface area contributed by atoms with Gasteiger partial charge in [0, 0.05) is 6.04 Å². The summed E-state index contributed by atoms with van der Waals surface area (Å²) in [6, 6.07) is 4.41. The molecule has 0 aromatic heterocycles. The topological polar surface area (TPSA) is 83.5 Å². The van der Waals surface area contributed by atoms with E-state index in [1.165, 1.54) is 6.07 Å². The fourth-order valence-electron chi connectivity index (χ4n) is 2.43. The van der Waals surface area contributed by atoms with E-state index in [2.05, 4.69) is 20.7 Å². The van der Waals surface area contributed by atoms with Crippen molar-refractivity contribution in [2.45, 2.75) is 36.6 Å². The number of carboxylic acid groups (broad SMARTS) is 1. The van der Waals surface area contributed by atoms with Gasteiger partial charge in [0.1, 0.15) is 0 Å². The SMILES string of the molecule is O=C(O)C1CCC(NS(=O)(=O)c2cccc(Cl)c2Br)CC1. The van der Waals surface area contributed by atoms with Crippen LogP contribution in [0.4, 0.5) is 0 Å². The lowest BCUT2D eigenvalue weighted by atomic mass is 9.87. The molecule has 0 amide bonds. The van der Waals surface area contributed by atoms with Crippen LogP contribution in [0.2, 0.25) is 5.02 Å². The molecule has 1 aliphatic carbocycles. The molecule has 2 rings (SSSR count). The highest BCUT2D eigenvalue weighted by Crippen LogP contribution is 2.31. The Hall–Kier alpha value is -0.630. The molecular formula is C13H15BrClNO4S. The van der Waals surface area contributed by atoms with Gasteiger partial charge in [0.05, 0.1) is 20.3 Å². The van der Waals surface area contributed by atoms with Gasteiger partial charge in [0.2, 0.25) is 10.0 Å². The Bertz CT molecular complexity index is 642. The Labute approximate surface area is 136 Å². The van der Waals surface area contributed by atoms with E-state index < -0.39 is 16.0 Å². The Balaban J connectivity index is 2.09. The highest BCUT2D eigenvalue weighted by atomic mass is 79.9. The molecule has 0 bridgehead atoms. The summed E-state index contributed by atoms with van der Waals surface area (Å²) >= 11 is 9.09. The molecule has 0 aliphatic heterocycles. The van der Waals surface area contributed by atoms with Gasteiger partial charge in [-0.2, -0.15) is 0 Å². The Kier molecular flexibility index (Phi) is 5.29. The second-order valence-electron chi connectivity index (χ2n) is 5.06. The van der Waals surface area contributed by atoms with Crippen LogP contribution >= 0.6 is 27.5 Å². The zero-order valence-corrected chi connectivity index (χ0v) is 14.2. The molecule has 0 heterocycles. The molecule has 5 nitrogen and oxygen atoms in total. The molecule has 1 aromatic rings. The third kappa shape index (κ3) is 3.97. The lowest BCUT2D eigenvalue weighted by Gasteiger charge is -2.26. The molecule has 1 aliphatic rings. The summed E-state index contributed by atoms with van der Waals surface area (Å²) in [5.74, 6) is -1.18. The molecule has 0 atom stereocenters. The molecule has 0 unspecified atom stereocenters. The standard InChI is InChI=1S/C13H15BrClNO4S/c14-12-10(15)2-1-3-11(12)21(19,20)16-9-6-4-8(5-7-9)13(17)18/h1-3,8-9,16H,4-7H2,(H,17,18). The van der Waals surface area contributed by atoms with Gasteiger partial charge in [-0.15, -0.1) is 0 Å². The molecule has 1 fully saturated rings. The number of rotatable bonds is 4. The van der Waals surface area contributed by atoms with Crippen molar-refractivity contribution in [3.05, 3.63) is 27.7 Å². The number of aliphatic carboxylic acids is 1. The van der Waals surface area contributed by atoms with E-state index in [1.54, 1.807) is 12.1 Å². The average Bonchev–Trinajstić information content (AvgIpc) is 2.41. The van der Waals surface area contributed by atoms with Gasteiger partial charge in [-0.05, 0) is 53.7 Å². The maximum Gasteiger partial charge on any atom is 0.306 e. The summed E-state index contributed by atoms with van der Waals surface area (Å²) in [5.41, 5.74) is 0. The van der Waals surface area contributed by atoms with Gasteiger partial charge in [0.15, 0.2) is 0 Å². The summed E-state index contributed by atoms with van der Waals surface area (Å²) in [7, 11) is -3.68. The Morgan fingerprint density at radius 2 is 1.90 bits per heavy atom. The van der Waals surface area contributed by atoms with E-state index in [1.807, 2.05) is 0 Å². The molecular weight excluding hydrogens is 382 g/mol. The van der Waals surface area contributed by atoms with Gasteiger partial charge in [0.25, 0.3) is 0 Å². The fraction of sp³-hybridized carbons (Fsp3) is 0.462. The number of sulfonamides is 1. The first-order chi connectivity index (χ1) is 9.81. The number of hydrogen-bond donors (Lipinski definition) is 2. The predicted octanol–water partition coefficient (Wildman–Crippen LogP) is 3.02. The molecule has 1 aromatic carbocycles. The lowest BCUT2D eigenvalue weighted by Crippen LogP contribution is -2.38. The van der Waals surface area contributed by atoms with Crippen LogP contribution in [0, 0.1) is 5.92 Å². The van der Waals surface area contributed by atoms with Crippen molar-refractivity contribution in [3.63, 3.8) is 0 Å². The van der Waals surface area contributed by atoms with Crippen molar-refractivity contribution >= 4 is 43.5 Å². The summed E-state index contributed by atoms with van der Waals surface area (Å²) in [5, 5.41) is 9.27. The molecule has 8 heteroatoms. The molecule has 2 N–H and O–H groups in total. The lowest BCUT2D eigenvalue weighted by molar-refractivity contribution is -0.142. The highest BCUT2D eigenvalue weighted by Gasteiger charge is 2.29. The van der Waals surface area contributed by atoms with E-state index in [0.29, 0.717) is 35.2 Å². The number of carbonyl (C=O) groups is 1. The number of hydrogen-bond acceptors (Lipinski definition) is 3. The minimum absolute atomic E-state index is 0.0929. The van der Waals surface area contributed by atoms with Crippen LogP contribution in [0.5, 0.6) is 0 Å². The molecule has 0 spiro atoms. The van der Waals surface area contributed by atoms with Crippen LogP contribution in [-0.4, -0.2) is 25.5 Å². The monoisotopic (exact) mass is 395 g/mol. The van der Waals surface area contributed by atoms with Crippen molar-refractivity contribution in [3.8, 4) is 0 Å². The third-order valence-corrected chi connectivity index (χ3v) is 6.83. The zero-order valence-electron chi connectivity index (χ0n) is 11.1. The first-order valence-electron chi connectivity index (χ1n) is 6.50. The second-order valence-corrected chi connectivity index (χ2v) is 7.94. The van der Waals surface area contributed by atoms with Crippen LogP contribution < -0.4 is 4.72 Å². The summed E-state index contributed by atoms with van der Waals surface area (Å²) in [6.07, 6.45) is 2.02. The average molecular weight is 397 g/mol. The first kappa shape index (κ1) is 16.7. The van der Waals surface area contributed by atoms with Crippen molar-refractivity contribution in [2.24, 2.45) is 5.92 Å². The fourth-order valence-corrected chi connectivity index (χ4v) is 4.97. The highest BCUT2D eigenvalue weighted by molar-refractivity contribution is 9.10. The normalized spacial score (nSPS) is 23.0. The summed E-state index contributed by atoms with van der Waals surface area (Å²) in [6.45, 7) is 0. The van der Waals surface area contributed by atoms with Gasteiger partial charge in [-0.25, -0.2) is 13.1 Å². The predicted molar refractivity (Wildman–Crippen MR) is 82.9 cm³/mol. The Morgan fingerprint density at radius 3 is 2.48 bits per heavy atom. The maximum absolute atomic E-state index is 12.4. The van der Waals surface area contributed by atoms with Crippen molar-refractivity contribution in [1.29, 1.82) is 0 Å². The van der Waals surface area contributed by atoms with Crippen LogP contribution in [0.15, 0.2) is 27.6 Å². The van der Waals surface area contributed by atoms with Crippen LogP contribution in [-0.2, 0) is 14.8 Å². The minimum atomic E-state index is -3.68. The maximum atomic E-state index is 12.4. The van der Waals surface area contributed by atoms with Crippen LogP contribution in [0.1, 0.15) is 25.7 Å². The number of nitrogens with one attached hydrogen (secondary N) is 1. The molecule has 0 saturated heterocycles. The number of carboxylic acids is 1. The van der Waals surface area contributed by atoms with E-state index in [-0.39, 0.29) is 16.9 Å². The van der Waals surface area contributed by atoms with E-state index in [9.17, 15) is 13.2 Å². The van der Waals surface area contributed by atoms with Crippen LogP contribution in [0.25, 0.3) is 0 Å². The smallest absolute Gasteiger partial charge is 0.306 e. The van der Waals surface area contributed by atoms with E-state index >= 15 is 0 Å². The van der Waals surface area contributed by atoms with Gasteiger partial charge in [-0.1, -0.05) is 17.7 Å². The summed E-state index contributed by atoms with van der Waals surface area (Å²) in [4.78, 5) is 11.0. The summed E-state index contributed by atoms with van der Waals surface area (Å²) < 4.78 is 27.7. The van der Waals surface area contributed by atoms with Gasteiger partial charge in [-0.3, -0.25) is 4.79 Å².